The lowest BCUT2D eigenvalue weighted by molar-refractivity contribution is -0.126. The molecule has 0 unspecified atom stereocenters. The van der Waals surface area contributed by atoms with Crippen molar-refractivity contribution >= 4 is 45.8 Å². The molecule has 1 saturated heterocycles. The number of likely N-dealkylation sites (tertiary alicyclic amines) is 1. The number of amides is 2. The molecule has 0 saturated carbocycles. The molecule has 0 radical (unpaired) electrons. The van der Waals surface area contributed by atoms with Crippen molar-refractivity contribution in [1.82, 2.24) is 10.2 Å². The van der Waals surface area contributed by atoms with Crippen molar-refractivity contribution in [3.8, 4) is 0 Å². The van der Waals surface area contributed by atoms with Crippen molar-refractivity contribution in [3.63, 3.8) is 0 Å². The molecule has 1 heterocycles. The van der Waals surface area contributed by atoms with Gasteiger partial charge in [-0.05, 0) is 54.3 Å². The minimum atomic E-state index is -0.215. The maximum absolute atomic E-state index is 13.1. The second-order valence-corrected chi connectivity index (χ2v) is 8.83. The van der Waals surface area contributed by atoms with E-state index in [-0.39, 0.29) is 23.8 Å². The summed E-state index contributed by atoms with van der Waals surface area (Å²) in [6.45, 7) is 3.04. The number of carbonyl (C=O) groups is 2. The maximum atomic E-state index is 13.1. The highest BCUT2D eigenvalue weighted by atomic mass is 35.5. The molecule has 1 fully saturated rings. The minimum Gasteiger partial charge on any atom is -0.349 e. The van der Waals surface area contributed by atoms with E-state index in [1.165, 1.54) is 0 Å². The average Bonchev–Trinajstić information content (AvgIpc) is 2.78. The summed E-state index contributed by atoms with van der Waals surface area (Å²) in [5.74, 6) is -0.0992. The summed E-state index contributed by atoms with van der Waals surface area (Å²) in [6, 6.07) is 18.8. The van der Waals surface area contributed by atoms with Crippen LogP contribution in [0.5, 0.6) is 0 Å². The van der Waals surface area contributed by atoms with Gasteiger partial charge >= 0.3 is 0 Å². The van der Waals surface area contributed by atoms with Gasteiger partial charge in [0.2, 0.25) is 5.91 Å². The first-order chi connectivity index (χ1) is 14.9. The van der Waals surface area contributed by atoms with Crippen LogP contribution in [-0.4, -0.2) is 29.8 Å². The molecule has 0 spiro atoms. The van der Waals surface area contributed by atoms with E-state index in [0.29, 0.717) is 41.5 Å². The van der Waals surface area contributed by atoms with Gasteiger partial charge in [-0.25, -0.2) is 0 Å². The molecule has 6 heteroatoms. The number of halogens is 2. The summed E-state index contributed by atoms with van der Waals surface area (Å²) in [6.07, 6.45) is 1.28. The number of fused-ring (bicyclic) bond motifs is 1. The second kappa shape index (κ2) is 9.29. The van der Waals surface area contributed by atoms with Gasteiger partial charge in [0.05, 0.1) is 6.04 Å². The molecule has 0 aromatic heterocycles. The average molecular weight is 455 g/mol. The topological polar surface area (TPSA) is 49.4 Å². The highest BCUT2D eigenvalue weighted by Gasteiger charge is 2.29. The summed E-state index contributed by atoms with van der Waals surface area (Å²) in [5.41, 5.74) is 1.55. The Hall–Kier alpha value is -2.56. The Morgan fingerprint density at radius 1 is 1.00 bits per heavy atom. The SMILES string of the molecule is C[C@@H](NC(=O)C1CCN(C(=O)c2cccc3ccccc23)CC1)c1ccc(Cl)cc1Cl. The van der Waals surface area contributed by atoms with Gasteiger partial charge < -0.3 is 10.2 Å². The lowest BCUT2D eigenvalue weighted by Gasteiger charge is -2.32. The minimum absolute atomic E-state index is 0.00391. The van der Waals surface area contributed by atoms with E-state index >= 15 is 0 Å². The monoisotopic (exact) mass is 454 g/mol. The molecular formula is C25H24Cl2N2O2. The molecule has 1 N–H and O–H groups in total. The van der Waals surface area contributed by atoms with E-state index in [1.54, 1.807) is 12.1 Å². The van der Waals surface area contributed by atoms with E-state index in [0.717, 1.165) is 16.3 Å². The molecular weight excluding hydrogens is 431 g/mol. The van der Waals surface area contributed by atoms with Crippen LogP contribution in [-0.2, 0) is 4.79 Å². The van der Waals surface area contributed by atoms with Gasteiger partial charge in [0.1, 0.15) is 0 Å². The third-order valence-corrected chi connectivity index (χ3v) is 6.52. The van der Waals surface area contributed by atoms with Gasteiger partial charge in [-0.3, -0.25) is 9.59 Å². The summed E-state index contributed by atoms with van der Waals surface area (Å²) in [5, 5.41) is 6.17. The van der Waals surface area contributed by atoms with Crippen LogP contribution in [0.3, 0.4) is 0 Å². The fourth-order valence-electron chi connectivity index (χ4n) is 4.19. The molecule has 1 aliphatic heterocycles. The van der Waals surface area contributed by atoms with Crippen LogP contribution < -0.4 is 5.32 Å². The van der Waals surface area contributed by atoms with Crippen molar-refractivity contribution in [1.29, 1.82) is 0 Å². The number of nitrogens with zero attached hydrogens (tertiary/aromatic N) is 1. The summed E-state index contributed by atoms with van der Waals surface area (Å²) < 4.78 is 0. The third-order valence-electron chi connectivity index (χ3n) is 5.96. The Morgan fingerprint density at radius 2 is 1.71 bits per heavy atom. The van der Waals surface area contributed by atoms with Crippen LogP contribution in [0.2, 0.25) is 10.0 Å². The first kappa shape index (κ1) is 21.7. The number of hydrogen-bond donors (Lipinski definition) is 1. The lowest BCUT2D eigenvalue weighted by Crippen LogP contribution is -2.43. The summed E-state index contributed by atoms with van der Waals surface area (Å²) in [4.78, 5) is 27.8. The van der Waals surface area contributed by atoms with Crippen molar-refractivity contribution in [2.45, 2.75) is 25.8 Å². The largest absolute Gasteiger partial charge is 0.349 e. The Labute approximate surface area is 192 Å². The van der Waals surface area contributed by atoms with E-state index < -0.39 is 0 Å². The highest BCUT2D eigenvalue weighted by Crippen LogP contribution is 2.28. The van der Waals surface area contributed by atoms with Gasteiger partial charge in [0.25, 0.3) is 5.91 Å². The number of nitrogens with one attached hydrogen (secondary N) is 1. The molecule has 0 bridgehead atoms. The van der Waals surface area contributed by atoms with Crippen LogP contribution in [0.1, 0.15) is 41.7 Å². The highest BCUT2D eigenvalue weighted by molar-refractivity contribution is 6.35. The Kier molecular flexibility index (Phi) is 6.49. The zero-order chi connectivity index (χ0) is 22.0. The van der Waals surface area contributed by atoms with Crippen LogP contribution in [0.4, 0.5) is 0 Å². The fraction of sp³-hybridized carbons (Fsp3) is 0.280. The number of rotatable bonds is 4. The molecule has 2 amide bonds. The van der Waals surface area contributed by atoms with Gasteiger partial charge in [0.15, 0.2) is 0 Å². The molecule has 3 aromatic rings. The molecule has 1 aliphatic rings. The normalized spacial score (nSPS) is 15.6. The zero-order valence-corrected chi connectivity index (χ0v) is 18.8. The van der Waals surface area contributed by atoms with E-state index in [4.69, 9.17) is 23.2 Å². The Morgan fingerprint density at radius 3 is 2.45 bits per heavy atom. The molecule has 1 atom stereocenters. The van der Waals surface area contributed by atoms with Gasteiger partial charge in [-0.1, -0.05) is 65.7 Å². The predicted octanol–water partition coefficient (Wildman–Crippen LogP) is 5.88. The first-order valence-corrected chi connectivity index (χ1v) is 11.2. The molecule has 160 valence electrons. The smallest absolute Gasteiger partial charge is 0.254 e. The molecule has 0 aliphatic carbocycles. The maximum Gasteiger partial charge on any atom is 0.254 e. The lowest BCUT2D eigenvalue weighted by atomic mass is 9.94. The van der Waals surface area contributed by atoms with Crippen LogP contribution in [0.25, 0.3) is 10.8 Å². The molecule has 3 aromatic carbocycles. The van der Waals surface area contributed by atoms with Gasteiger partial charge in [-0.2, -0.15) is 0 Å². The summed E-state index contributed by atoms with van der Waals surface area (Å²) in [7, 11) is 0. The second-order valence-electron chi connectivity index (χ2n) is 7.99. The molecule has 4 rings (SSSR count). The Bertz CT molecular complexity index is 1120. The van der Waals surface area contributed by atoms with Crippen LogP contribution >= 0.6 is 23.2 Å². The fourth-order valence-corrected chi connectivity index (χ4v) is 4.76. The first-order valence-electron chi connectivity index (χ1n) is 10.5. The number of piperidine rings is 1. The molecule has 31 heavy (non-hydrogen) atoms. The van der Waals surface area contributed by atoms with Crippen molar-refractivity contribution in [2.75, 3.05) is 13.1 Å². The number of carbonyl (C=O) groups excluding carboxylic acids is 2. The zero-order valence-electron chi connectivity index (χ0n) is 17.3. The van der Waals surface area contributed by atoms with Gasteiger partial charge in [-0.15, -0.1) is 0 Å². The Balaban J connectivity index is 1.38. The third kappa shape index (κ3) is 4.70. The predicted molar refractivity (Wildman–Crippen MR) is 126 cm³/mol. The van der Waals surface area contributed by atoms with Crippen molar-refractivity contribution in [3.05, 3.63) is 81.8 Å². The van der Waals surface area contributed by atoms with Crippen molar-refractivity contribution in [2.24, 2.45) is 5.92 Å². The molecule has 4 nitrogen and oxygen atoms in total. The quantitative estimate of drug-likeness (QED) is 0.535. The van der Waals surface area contributed by atoms with Crippen LogP contribution in [0, 0.1) is 5.92 Å². The van der Waals surface area contributed by atoms with E-state index in [1.807, 2.05) is 60.4 Å². The number of hydrogen-bond acceptors (Lipinski definition) is 2. The van der Waals surface area contributed by atoms with Crippen LogP contribution in [0.15, 0.2) is 60.7 Å². The number of benzene rings is 3. The standard InChI is InChI=1S/C25H24Cl2N2O2/c1-16(20-10-9-19(26)15-23(20)27)28-24(30)18-11-13-29(14-12-18)25(31)22-8-4-6-17-5-2-3-7-21(17)22/h2-10,15-16,18H,11-14H2,1H3,(H,28,30)/t16-/m1/s1. The van der Waals surface area contributed by atoms with Gasteiger partial charge in [0, 0.05) is 34.6 Å². The summed E-state index contributed by atoms with van der Waals surface area (Å²) >= 11 is 12.2. The van der Waals surface area contributed by atoms with E-state index in [2.05, 4.69) is 5.32 Å². The van der Waals surface area contributed by atoms with E-state index in [9.17, 15) is 9.59 Å². The van der Waals surface area contributed by atoms with Crippen molar-refractivity contribution < 1.29 is 9.59 Å².